The zero-order valence-electron chi connectivity index (χ0n) is 12.7. The molecule has 1 aromatic heterocycles. The Balaban J connectivity index is 1.74. The zero-order valence-corrected chi connectivity index (χ0v) is 12.7. The van der Waals surface area contributed by atoms with Crippen LogP contribution in [0.1, 0.15) is 26.2 Å². The number of aromatic nitrogens is 1. The fourth-order valence-electron chi connectivity index (χ4n) is 2.79. The molecule has 3 rings (SSSR count). The zero-order chi connectivity index (χ0) is 15.4. The highest BCUT2D eigenvalue weighted by molar-refractivity contribution is 5.72. The maximum absolute atomic E-state index is 12.3. The average Bonchev–Trinajstić information content (AvgIpc) is 2.56. The average molecular weight is 296 g/mol. The Morgan fingerprint density at radius 3 is 2.77 bits per heavy atom. The third kappa shape index (κ3) is 3.27. The van der Waals surface area contributed by atoms with Crippen LogP contribution in [-0.4, -0.2) is 28.6 Å². The molecule has 1 aliphatic rings. The first-order valence-corrected chi connectivity index (χ1v) is 7.73. The molecule has 4 heteroatoms. The molecular weight excluding hydrogens is 276 g/mol. The minimum atomic E-state index is -0.279. The Kier molecular flexibility index (Phi) is 4.37. The fourth-order valence-corrected chi connectivity index (χ4v) is 2.79. The second-order valence-corrected chi connectivity index (χ2v) is 5.68. The van der Waals surface area contributed by atoms with Crippen LogP contribution in [0.4, 0.5) is 4.79 Å². The highest BCUT2D eigenvalue weighted by atomic mass is 16.6. The molecule has 1 fully saturated rings. The Bertz CT molecular complexity index is 643. The predicted molar refractivity (Wildman–Crippen MR) is 85.7 cm³/mol. The van der Waals surface area contributed by atoms with E-state index in [1.807, 2.05) is 36.4 Å². The van der Waals surface area contributed by atoms with Crippen LogP contribution in [0.3, 0.4) is 0 Å². The minimum absolute atomic E-state index is 0.242. The molecule has 2 aromatic rings. The van der Waals surface area contributed by atoms with Gasteiger partial charge in [0.2, 0.25) is 0 Å². The summed E-state index contributed by atoms with van der Waals surface area (Å²) in [4.78, 5) is 18.3. The maximum atomic E-state index is 12.3. The van der Waals surface area contributed by atoms with E-state index < -0.39 is 0 Å². The van der Waals surface area contributed by atoms with Crippen molar-refractivity contribution in [1.29, 1.82) is 0 Å². The predicted octanol–water partition coefficient (Wildman–Crippen LogP) is 4.12. The third-order valence-corrected chi connectivity index (χ3v) is 4.06. The summed E-state index contributed by atoms with van der Waals surface area (Å²) in [5.41, 5.74) is 2.00. The van der Waals surface area contributed by atoms with Gasteiger partial charge in [-0.3, -0.25) is 4.98 Å². The van der Waals surface area contributed by atoms with E-state index in [-0.39, 0.29) is 12.1 Å². The second kappa shape index (κ2) is 6.60. The Morgan fingerprint density at radius 2 is 2.00 bits per heavy atom. The van der Waals surface area contributed by atoms with E-state index in [2.05, 4.69) is 11.9 Å². The fraction of sp³-hybridized carbons (Fsp3) is 0.333. The molecule has 1 aliphatic heterocycles. The molecule has 1 aromatic carbocycles. The van der Waals surface area contributed by atoms with Gasteiger partial charge in [0, 0.05) is 24.3 Å². The molecule has 114 valence electrons. The number of amides is 1. The van der Waals surface area contributed by atoms with Crippen LogP contribution in [0.25, 0.3) is 11.1 Å². The summed E-state index contributed by atoms with van der Waals surface area (Å²) in [5, 5.41) is 0. The normalized spacial score (nSPS) is 18.0. The van der Waals surface area contributed by atoms with Crippen LogP contribution in [0.15, 0.2) is 48.8 Å². The van der Waals surface area contributed by atoms with Gasteiger partial charge in [-0.25, -0.2) is 4.79 Å². The Labute approximate surface area is 130 Å². The van der Waals surface area contributed by atoms with E-state index in [0.29, 0.717) is 5.75 Å². The van der Waals surface area contributed by atoms with Crippen LogP contribution >= 0.6 is 0 Å². The molecule has 2 heterocycles. The highest BCUT2D eigenvalue weighted by Crippen LogP contribution is 2.24. The van der Waals surface area contributed by atoms with Crippen LogP contribution < -0.4 is 4.74 Å². The number of nitrogens with zero attached hydrogens (tertiary/aromatic N) is 2. The number of piperidine rings is 1. The van der Waals surface area contributed by atoms with E-state index in [4.69, 9.17) is 4.74 Å². The van der Waals surface area contributed by atoms with Crippen molar-refractivity contribution in [2.45, 2.75) is 32.2 Å². The van der Waals surface area contributed by atoms with Gasteiger partial charge in [0.1, 0.15) is 0 Å². The molecule has 22 heavy (non-hydrogen) atoms. The lowest BCUT2D eigenvalue weighted by Crippen LogP contribution is -2.43. The van der Waals surface area contributed by atoms with Gasteiger partial charge in [-0.05, 0) is 37.8 Å². The van der Waals surface area contributed by atoms with E-state index in [1.165, 1.54) is 6.42 Å². The van der Waals surface area contributed by atoms with Crippen LogP contribution in [0.2, 0.25) is 0 Å². The topological polar surface area (TPSA) is 42.4 Å². The summed E-state index contributed by atoms with van der Waals surface area (Å²) in [7, 11) is 0. The molecule has 4 nitrogen and oxygen atoms in total. The molecule has 0 radical (unpaired) electrons. The van der Waals surface area contributed by atoms with Gasteiger partial charge in [0.25, 0.3) is 0 Å². The summed E-state index contributed by atoms with van der Waals surface area (Å²) in [6, 6.07) is 12.0. The van der Waals surface area contributed by atoms with Crippen LogP contribution in [0, 0.1) is 0 Å². The monoisotopic (exact) mass is 296 g/mol. The number of hydrogen-bond acceptors (Lipinski definition) is 3. The highest BCUT2D eigenvalue weighted by Gasteiger charge is 2.24. The largest absolute Gasteiger partial charge is 0.415 e. The summed E-state index contributed by atoms with van der Waals surface area (Å²) in [6.45, 7) is 2.84. The van der Waals surface area contributed by atoms with E-state index in [1.54, 1.807) is 17.3 Å². The second-order valence-electron chi connectivity index (χ2n) is 5.68. The number of rotatable bonds is 2. The Hall–Kier alpha value is -2.36. The van der Waals surface area contributed by atoms with Crippen molar-refractivity contribution in [2.75, 3.05) is 6.54 Å². The lowest BCUT2D eigenvalue weighted by atomic mass is 10.0. The van der Waals surface area contributed by atoms with Gasteiger partial charge >= 0.3 is 6.09 Å². The molecule has 0 bridgehead atoms. The summed E-state index contributed by atoms with van der Waals surface area (Å²) >= 11 is 0. The SMILES string of the molecule is CC1CCCCN1C(=O)Oc1cncc(-c2ccccc2)c1. The third-order valence-electron chi connectivity index (χ3n) is 4.06. The van der Waals surface area contributed by atoms with Gasteiger partial charge in [-0.15, -0.1) is 0 Å². The smallest absolute Gasteiger partial charge is 0.409 e. The van der Waals surface area contributed by atoms with Crippen molar-refractivity contribution < 1.29 is 9.53 Å². The van der Waals surface area contributed by atoms with E-state index in [0.717, 1.165) is 30.5 Å². The number of ether oxygens (including phenoxy) is 1. The molecule has 1 saturated heterocycles. The molecule has 1 unspecified atom stereocenters. The Morgan fingerprint density at radius 1 is 1.18 bits per heavy atom. The molecule has 0 spiro atoms. The molecule has 0 aliphatic carbocycles. The minimum Gasteiger partial charge on any atom is -0.409 e. The summed E-state index contributed by atoms with van der Waals surface area (Å²) in [6.07, 6.45) is 6.34. The number of hydrogen-bond donors (Lipinski definition) is 0. The lowest BCUT2D eigenvalue weighted by molar-refractivity contribution is 0.118. The van der Waals surface area contributed by atoms with Crippen molar-refractivity contribution in [3.05, 3.63) is 48.8 Å². The van der Waals surface area contributed by atoms with Crippen LogP contribution in [0.5, 0.6) is 5.75 Å². The molecule has 0 N–H and O–H groups in total. The van der Waals surface area contributed by atoms with Gasteiger partial charge in [-0.2, -0.15) is 0 Å². The van der Waals surface area contributed by atoms with E-state index in [9.17, 15) is 4.79 Å². The van der Waals surface area contributed by atoms with E-state index >= 15 is 0 Å². The molecular formula is C18H20N2O2. The number of benzene rings is 1. The lowest BCUT2D eigenvalue weighted by Gasteiger charge is -2.32. The molecule has 1 atom stereocenters. The van der Waals surface area contributed by atoms with Crippen molar-refractivity contribution >= 4 is 6.09 Å². The first-order chi connectivity index (χ1) is 10.7. The van der Waals surface area contributed by atoms with Gasteiger partial charge in [-0.1, -0.05) is 30.3 Å². The van der Waals surface area contributed by atoms with Crippen molar-refractivity contribution in [1.82, 2.24) is 9.88 Å². The maximum Gasteiger partial charge on any atom is 0.415 e. The van der Waals surface area contributed by atoms with Crippen molar-refractivity contribution in [3.8, 4) is 16.9 Å². The molecule has 0 saturated carbocycles. The summed E-state index contributed by atoms with van der Waals surface area (Å²) < 4.78 is 5.51. The van der Waals surface area contributed by atoms with Crippen LogP contribution in [-0.2, 0) is 0 Å². The number of carbonyl (C=O) groups is 1. The van der Waals surface area contributed by atoms with Crippen molar-refractivity contribution in [2.24, 2.45) is 0 Å². The van der Waals surface area contributed by atoms with Gasteiger partial charge < -0.3 is 9.64 Å². The first kappa shape index (κ1) is 14.6. The number of pyridine rings is 1. The van der Waals surface area contributed by atoms with Gasteiger partial charge in [0.15, 0.2) is 5.75 Å². The number of likely N-dealkylation sites (tertiary alicyclic amines) is 1. The first-order valence-electron chi connectivity index (χ1n) is 7.73. The summed E-state index contributed by atoms with van der Waals surface area (Å²) in [5.74, 6) is 0.490. The number of carbonyl (C=O) groups excluding carboxylic acids is 1. The van der Waals surface area contributed by atoms with Gasteiger partial charge in [0.05, 0.1) is 6.20 Å². The quantitative estimate of drug-likeness (QED) is 0.837. The van der Waals surface area contributed by atoms with Crippen molar-refractivity contribution in [3.63, 3.8) is 0 Å². The standard InChI is InChI=1S/C18H20N2O2/c1-14-7-5-6-10-20(14)18(21)22-17-11-16(12-19-13-17)15-8-3-2-4-9-15/h2-4,8-9,11-14H,5-7,10H2,1H3. The molecule has 1 amide bonds.